The molecule has 1 aliphatic rings. The maximum absolute atomic E-state index is 11.4. The normalized spacial score (nSPS) is 18.3. The predicted molar refractivity (Wildman–Crippen MR) is 68.2 cm³/mol. The summed E-state index contributed by atoms with van der Waals surface area (Å²) in [6.07, 6.45) is -0.150. The number of nitrogens with one attached hydrogen (secondary N) is 2. The first kappa shape index (κ1) is 12.9. The topological polar surface area (TPSA) is 100 Å². The molecule has 7 heteroatoms. The maximum Gasteiger partial charge on any atom is 0.329 e. The minimum atomic E-state index is -1.12. The molecule has 19 heavy (non-hydrogen) atoms. The van der Waals surface area contributed by atoms with Crippen LogP contribution in [0.4, 0.5) is 5.69 Å². The molecule has 0 fully saturated rings. The minimum absolute atomic E-state index is 0.133. The van der Waals surface area contributed by atoms with Gasteiger partial charge in [-0.05, 0) is 24.3 Å². The number of carboxylic acid groups (broad SMARTS) is 1. The number of carboxylic acids is 1. The molecule has 0 saturated carbocycles. The van der Waals surface area contributed by atoms with Crippen LogP contribution < -0.4 is 15.4 Å². The number of aliphatic carboxylic acids is 1. The second kappa shape index (κ2) is 5.38. The molecule has 0 aromatic heterocycles. The van der Waals surface area contributed by atoms with Crippen molar-refractivity contribution in [1.82, 2.24) is 5.32 Å². The summed E-state index contributed by atoms with van der Waals surface area (Å²) in [5.41, 5.74) is 0.672. The van der Waals surface area contributed by atoms with E-state index < -0.39 is 12.0 Å². The van der Waals surface area contributed by atoms with Gasteiger partial charge in [0.1, 0.15) is 5.75 Å². The number of anilines is 1. The van der Waals surface area contributed by atoms with Crippen molar-refractivity contribution in [1.29, 1.82) is 0 Å². The molecule has 2 rings (SSSR count). The van der Waals surface area contributed by atoms with Crippen molar-refractivity contribution < 1.29 is 19.4 Å². The zero-order valence-electron chi connectivity index (χ0n) is 10.2. The van der Waals surface area contributed by atoms with Crippen molar-refractivity contribution in [3.05, 3.63) is 24.3 Å². The molecule has 3 N–H and O–H groups in total. The third kappa shape index (κ3) is 3.21. The van der Waals surface area contributed by atoms with Crippen LogP contribution >= 0.6 is 0 Å². The molecule has 1 aliphatic heterocycles. The molecule has 1 aromatic rings. The standard InChI is InChI=1S/C12H13N3O4/c1-19-8-4-2-7(3-5-8)13-12-14-9(11(17)18)6-10(16)15-12/h2-5,9H,6H2,1H3,(H,17,18)(H2,13,14,15,16). The first-order valence-electron chi connectivity index (χ1n) is 5.60. The van der Waals surface area contributed by atoms with Gasteiger partial charge in [0, 0.05) is 5.69 Å². The van der Waals surface area contributed by atoms with Crippen LogP contribution in [-0.4, -0.2) is 36.1 Å². The quantitative estimate of drug-likeness (QED) is 0.734. The molecular formula is C12H13N3O4. The average Bonchev–Trinajstić information content (AvgIpc) is 2.39. The van der Waals surface area contributed by atoms with Crippen molar-refractivity contribution in [3.8, 4) is 5.75 Å². The van der Waals surface area contributed by atoms with E-state index in [0.29, 0.717) is 11.4 Å². The van der Waals surface area contributed by atoms with Gasteiger partial charge in [-0.2, -0.15) is 0 Å². The Labute approximate surface area is 109 Å². The van der Waals surface area contributed by atoms with Gasteiger partial charge in [0.25, 0.3) is 0 Å². The molecule has 0 bridgehead atoms. The molecular weight excluding hydrogens is 250 g/mol. The number of aliphatic imine (C=N–C) groups is 1. The third-order valence-corrected chi connectivity index (χ3v) is 2.56. The highest BCUT2D eigenvalue weighted by molar-refractivity contribution is 6.07. The highest BCUT2D eigenvalue weighted by Crippen LogP contribution is 2.15. The van der Waals surface area contributed by atoms with Crippen molar-refractivity contribution >= 4 is 23.5 Å². The Hall–Kier alpha value is -2.57. The average molecular weight is 263 g/mol. The lowest BCUT2D eigenvalue weighted by molar-refractivity contribution is -0.140. The number of carbonyl (C=O) groups excluding carboxylic acids is 1. The molecule has 1 amide bonds. The van der Waals surface area contributed by atoms with Gasteiger partial charge in [0.05, 0.1) is 13.5 Å². The van der Waals surface area contributed by atoms with E-state index in [2.05, 4.69) is 15.6 Å². The molecule has 0 spiro atoms. The van der Waals surface area contributed by atoms with Crippen LogP contribution in [0.3, 0.4) is 0 Å². The highest BCUT2D eigenvalue weighted by atomic mass is 16.5. The predicted octanol–water partition coefficient (Wildman–Crippen LogP) is 0.436. The number of methoxy groups -OCH3 is 1. The second-order valence-electron chi connectivity index (χ2n) is 3.94. The lowest BCUT2D eigenvalue weighted by atomic mass is 10.2. The van der Waals surface area contributed by atoms with Gasteiger partial charge in [0.2, 0.25) is 11.9 Å². The summed E-state index contributed by atoms with van der Waals surface area (Å²) in [5.74, 6) is -0.667. The van der Waals surface area contributed by atoms with Crippen molar-refractivity contribution in [2.24, 2.45) is 4.99 Å². The van der Waals surface area contributed by atoms with E-state index in [0.717, 1.165) is 0 Å². The lowest BCUT2D eigenvalue weighted by Crippen LogP contribution is -2.44. The van der Waals surface area contributed by atoms with E-state index in [1.165, 1.54) is 0 Å². The summed E-state index contributed by atoms with van der Waals surface area (Å²) in [6, 6.07) is 5.90. The molecule has 0 radical (unpaired) electrons. The van der Waals surface area contributed by atoms with Crippen LogP contribution in [0.5, 0.6) is 5.75 Å². The van der Waals surface area contributed by atoms with Crippen LogP contribution in [-0.2, 0) is 9.59 Å². The second-order valence-corrected chi connectivity index (χ2v) is 3.94. The first-order chi connectivity index (χ1) is 9.08. The summed E-state index contributed by atoms with van der Waals surface area (Å²) in [5, 5.41) is 14.2. The first-order valence-corrected chi connectivity index (χ1v) is 5.60. The zero-order valence-corrected chi connectivity index (χ0v) is 10.2. The smallest absolute Gasteiger partial charge is 0.329 e. The molecule has 0 aliphatic carbocycles. The van der Waals surface area contributed by atoms with Crippen LogP contribution in [0, 0.1) is 0 Å². The summed E-state index contributed by atoms with van der Waals surface area (Å²) in [7, 11) is 1.56. The fraction of sp³-hybridized carbons (Fsp3) is 0.250. The Morgan fingerprint density at radius 3 is 2.74 bits per heavy atom. The SMILES string of the molecule is COc1ccc(NC2=NC(C(=O)O)CC(=O)N2)cc1. The van der Waals surface area contributed by atoms with E-state index in [4.69, 9.17) is 9.84 Å². The Kier molecular flexibility index (Phi) is 3.65. The number of rotatable bonds is 3. The van der Waals surface area contributed by atoms with Crippen LogP contribution in [0.2, 0.25) is 0 Å². The van der Waals surface area contributed by atoms with Crippen LogP contribution in [0.15, 0.2) is 29.3 Å². The lowest BCUT2D eigenvalue weighted by Gasteiger charge is -2.19. The van der Waals surface area contributed by atoms with E-state index >= 15 is 0 Å². The van der Waals surface area contributed by atoms with Gasteiger partial charge in [-0.3, -0.25) is 10.1 Å². The third-order valence-electron chi connectivity index (χ3n) is 2.56. The Morgan fingerprint density at radius 2 is 2.16 bits per heavy atom. The molecule has 1 aromatic carbocycles. The van der Waals surface area contributed by atoms with E-state index in [1.54, 1.807) is 31.4 Å². The molecule has 1 unspecified atom stereocenters. The fourth-order valence-corrected chi connectivity index (χ4v) is 1.61. The number of nitrogens with zero attached hydrogens (tertiary/aromatic N) is 1. The van der Waals surface area contributed by atoms with Crippen LogP contribution in [0.25, 0.3) is 0 Å². The van der Waals surface area contributed by atoms with Gasteiger partial charge in [-0.15, -0.1) is 0 Å². The number of hydrogen-bond acceptors (Lipinski definition) is 5. The molecule has 1 atom stereocenters. The van der Waals surface area contributed by atoms with Crippen molar-refractivity contribution in [2.75, 3.05) is 12.4 Å². The van der Waals surface area contributed by atoms with Gasteiger partial charge >= 0.3 is 5.97 Å². The molecule has 1 heterocycles. The Balaban J connectivity index is 2.12. The number of guanidine groups is 1. The van der Waals surface area contributed by atoms with E-state index in [1.807, 2.05) is 0 Å². The van der Waals surface area contributed by atoms with Gasteiger partial charge < -0.3 is 15.2 Å². The fourth-order valence-electron chi connectivity index (χ4n) is 1.61. The van der Waals surface area contributed by atoms with Gasteiger partial charge in [0.15, 0.2) is 6.04 Å². The number of carbonyl (C=O) groups is 2. The largest absolute Gasteiger partial charge is 0.497 e. The van der Waals surface area contributed by atoms with E-state index in [-0.39, 0.29) is 18.3 Å². The Morgan fingerprint density at radius 1 is 1.47 bits per heavy atom. The monoisotopic (exact) mass is 263 g/mol. The van der Waals surface area contributed by atoms with Crippen LogP contribution in [0.1, 0.15) is 6.42 Å². The van der Waals surface area contributed by atoms with Gasteiger partial charge in [-0.1, -0.05) is 0 Å². The number of benzene rings is 1. The van der Waals surface area contributed by atoms with E-state index in [9.17, 15) is 9.59 Å². The molecule has 0 saturated heterocycles. The minimum Gasteiger partial charge on any atom is -0.497 e. The van der Waals surface area contributed by atoms with Crippen molar-refractivity contribution in [2.45, 2.75) is 12.5 Å². The summed E-state index contributed by atoms with van der Waals surface area (Å²) in [6.45, 7) is 0. The number of amides is 1. The highest BCUT2D eigenvalue weighted by Gasteiger charge is 2.26. The number of hydrogen-bond donors (Lipinski definition) is 3. The Bertz CT molecular complexity index is 524. The summed E-state index contributed by atoms with van der Waals surface area (Å²) >= 11 is 0. The number of ether oxygens (including phenoxy) is 1. The molecule has 7 nitrogen and oxygen atoms in total. The van der Waals surface area contributed by atoms with Gasteiger partial charge in [-0.25, -0.2) is 9.79 Å². The zero-order chi connectivity index (χ0) is 13.8. The summed E-state index contributed by atoms with van der Waals surface area (Å²) in [4.78, 5) is 26.1. The maximum atomic E-state index is 11.4. The summed E-state index contributed by atoms with van der Waals surface area (Å²) < 4.78 is 5.02. The molecule has 100 valence electrons. The van der Waals surface area contributed by atoms with Crippen molar-refractivity contribution in [3.63, 3.8) is 0 Å².